The highest BCUT2D eigenvalue weighted by Gasteiger charge is 2.46. The van der Waals surface area contributed by atoms with Crippen molar-refractivity contribution in [1.29, 1.82) is 0 Å². The SMILES string of the molecule is O=P(c1ccc2oc3ccccc3c2c1)(c1ccc2oc3ccccc3c2c1)c1ccc2c(c1)c1ccccc1c1cc3c(cc21)C(c1ccccc1)(c1ccccc1)c1ccccc1-3. The summed E-state index contributed by atoms with van der Waals surface area (Å²) < 4.78 is 29.5. The van der Waals surface area contributed by atoms with Gasteiger partial charge in [-0.3, -0.25) is 0 Å². The van der Waals surface area contributed by atoms with Crippen LogP contribution in [0.5, 0.6) is 0 Å². The number of fused-ring (bicyclic) bond motifs is 15. The molecule has 0 aliphatic heterocycles. The van der Waals surface area contributed by atoms with Gasteiger partial charge in [0.15, 0.2) is 7.14 Å². The van der Waals surface area contributed by atoms with Crippen LogP contribution in [-0.4, -0.2) is 0 Å². The first-order valence-electron chi connectivity index (χ1n) is 22.2. The maximum atomic E-state index is 16.9. The lowest BCUT2D eigenvalue weighted by molar-refractivity contribution is 0.592. The Hall–Kier alpha value is -7.97. The zero-order valence-electron chi connectivity index (χ0n) is 35.0. The lowest BCUT2D eigenvalue weighted by Gasteiger charge is -2.34. The third kappa shape index (κ3) is 4.99. The molecule has 0 atom stereocenters. The third-order valence-electron chi connectivity index (χ3n) is 14.2. The van der Waals surface area contributed by atoms with Gasteiger partial charge < -0.3 is 13.4 Å². The Labute approximate surface area is 374 Å². The molecule has 0 radical (unpaired) electrons. The highest BCUT2D eigenvalue weighted by Crippen LogP contribution is 2.58. The van der Waals surface area contributed by atoms with Crippen molar-refractivity contribution in [2.75, 3.05) is 0 Å². The molecule has 2 aromatic heterocycles. The molecule has 0 bridgehead atoms. The monoisotopic (exact) mass is 848 g/mol. The number of hydrogen-bond donors (Lipinski definition) is 0. The standard InChI is InChI=1S/C61H37O3P/c62-65(41-28-31-59-53(34-41)47-22-10-13-25-57(47)63-59,42-29-32-60-54(35-42)48-23-11-14-26-58(48)64-60)40-27-30-45-49(33-40)43-19-7-8-20-44(43)50-36-52-46-21-9-12-24-55(46)61(56(52)37-51(45)50,38-15-3-1-4-16-38)39-17-5-2-6-18-39/h1-37H. The van der Waals surface area contributed by atoms with E-state index in [-0.39, 0.29) is 0 Å². The van der Waals surface area contributed by atoms with Gasteiger partial charge in [-0.05, 0) is 132 Å². The molecule has 1 aliphatic rings. The van der Waals surface area contributed by atoms with Crippen LogP contribution >= 0.6 is 7.14 Å². The maximum Gasteiger partial charge on any atom is 0.171 e. The summed E-state index contributed by atoms with van der Waals surface area (Å²) in [5.41, 5.74) is 10.1. The van der Waals surface area contributed by atoms with Crippen molar-refractivity contribution in [3.63, 3.8) is 0 Å². The predicted molar refractivity (Wildman–Crippen MR) is 270 cm³/mol. The summed E-state index contributed by atoms with van der Waals surface area (Å²) in [7, 11) is -3.57. The molecular weight excluding hydrogens is 812 g/mol. The zero-order valence-corrected chi connectivity index (χ0v) is 35.9. The average Bonchev–Trinajstić information content (AvgIpc) is 4.04. The molecule has 0 N–H and O–H groups in total. The number of rotatable bonds is 5. The second-order valence-electron chi connectivity index (χ2n) is 17.4. The minimum atomic E-state index is -3.57. The number of furan rings is 2. The Bertz CT molecular complexity index is 4000. The fourth-order valence-electron chi connectivity index (χ4n) is 11.3. The minimum absolute atomic E-state index is 0.540. The van der Waals surface area contributed by atoms with Crippen molar-refractivity contribution in [2.45, 2.75) is 5.41 Å². The number of para-hydroxylation sites is 2. The summed E-state index contributed by atoms with van der Waals surface area (Å²) in [6, 6.07) is 79.4. The molecule has 2 heterocycles. The molecular formula is C61H37O3P. The van der Waals surface area contributed by atoms with Crippen LogP contribution in [0, 0.1) is 0 Å². The first kappa shape index (κ1) is 36.5. The Balaban J connectivity index is 1.07. The highest BCUT2D eigenvalue weighted by molar-refractivity contribution is 7.85. The van der Waals surface area contributed by atoms with Gasteiger partial charge in [-0.1, -0.05) is 158 Å². The van der Waals surface area contributed by atoms with Gasteiger partial charge in [0, 0.05) is 37.5 Å². The largest absolute Gasteiger partial charge is 0.456 e. The maximum absolute atomic E-state index is 16.9. The Morgan fingerprint density at radius 2 is 0.708 bits per heavy atom. The molecule has 65 heavy (non-hydrogen) atoms. The molecule has 11 aromatic carbocycles. The van der Waals surface area contributed by atoms with Crippen molar-refractivity contribution in [2.24, 2.45) is 0 Å². The van der Waals surface area contributed by atoms with Crippen LogP contribution in [0.1, 0.15) is 22.3 Å². The van der Waals surface area contributed by atoms with Crippen LogP contribution in [0.4, 0.5) is 0 Å². The van der Waals surface area contributed by atoms with E-state index in [2.05, 4.69) is 164 Å². The quantitative estimate of drug-likeness (QED) is 0.128. The van der Waals surface area contributed by atoms with Crippen LogP contribution < -0.4 is 15.9 Å². The van der Waals surface area contributed by atoms with Gasteiger partial charge in [0.2, 0.25) is 0 Å². The van der Waals surface area contributed by atoms with Gasteiger partial charge >= 0.3 is 0 Å². The lowest BCUT2D eigenvalue weighted by Crippen LogP contribution is -2.28. The predicted octanol–water partition coefficient (Wildman–Crippen LogP) is 14.9. The van der Waals surface area contributed by atoms with E-state index in [1.807, 2.05) is 60.7 Å². The van der Waals surface area contributed by atoms with Gasteiger partial charge in [-0.2, -0.15) is 0 Å². The van der Waals surface area contributed by atoms with E-state index in [1.54, 1.807) is 0 Å². The van der Waals surface area contributed by atoms with Gasteiger partial charge in [0.1, 0.15) is 22.3 Å². The molecule has 304 valence electrons. The van der Waals surface area contributed by atoms with Gasteiger partial charge in [-0.15, -0.1) is 0 Å². The third-order valence-corrected chi connectivity index (χ3v) is 17.2. The van der Waals surface area contributed by atoms with E-state index in [0.717, 1.165) is 81.3 Å². The van der Waals surface area contributed by atoms with E-state index in [0.29, 0.717) is 0 Å². The van der Waals surface area contributed by atoms with Crippen molar-refractivity contribution in [3.8, 4) is 11.1 Å². The van der Waals surface area contributed by atoms with Crippen molar-refractivity contribution < 1.29 is 13.4 Å². The van der Waals surface area contributed by atoms with Crippen LogP contribution in [0.2, 0.25) is 0 Å². The molecule has 0 saturated carbocycles. The second kappa shape index (κ2) is 13.5. The van der Waals surface area contributed by atoms with Crippen molar-refractivity contribution in [1.82, 2.24) is 0 Å². The second-order valence-corrected chi connectivity index (χ2v) is 20.2. The summed E-state index contributed by atoms with van der Waals surface area (Å²) in [5, 5.41) is 13.0. The van der Waals surface area contributed by atoms with Gasteiger partial charge in [0.05, 0.1) is 5.41 Å². The normalized spacial score (nSPS) is 13.4. The van der Waals surface area contributed by atoms with Crippen LogP contribution in [-0.2, 0) is 9.98 Å². The fourth-order valence-corrected chi connectivity index (χ4v) is 14.0. The highest BCUT2D eigenvalue weighted by atomic mass is 31.2. The molecule has 0 amide bonds. The zero-order chi connectivity index (χ0) is 42.9. The van der Waals surface area contributed by atoms with Crippen LogP contribution in [0.15, 0.2) is 233 Å². The Morgan fingerprint density at radius 1 is 0.292 bits per heavy atom. The van der Waals surface area contributed by atoms with Gasteiger partial charge in [0.25, 0.3) is 0 Å². The molecule has 0 spiro atoms. The Morgan fingerprint density at radius 3 is 1.29 bits per heavy atom. The average molecular weight is 849 g/mol. The molecule has 0 fully saturated rings. The van der Waals surface area contributed by atoms with Gasteiger partial charge in [-0.25, -0.2) is 0 Å². The minimum Gasteiger partial charge on any atom is -0.456 e. The van der Waals surface area contributed by atoms with E-state index in [9.17, 15) is 0 Å². The molecule has 0 saturated heterocycles. The summed E-state index contributed by atoms with van der Waals surface area (Å²) in [6.45, 7) is 0. The van der Waals surface area contributed by atoms with Crippen molar-refractivity contribution >= 4 is 99.2 Å². The van der Waals surface area contributed by atoms with E-state index < -0.39 is 12.6 Å². The lowest BCUT2D eigenvalue weighted by atomic mass is 9.67. The van der Waals surface area contributed by atoms with Crippen LogP contribution in [0.25, 0.3) is 87.3 Å². The topological polar surface area (TPSA) is 43.4 Å². The molecule has 3 nitrogen and oxygen atoms in total. The smallest absolute Gasteiger partial charge is 0.171 e. The molecule has 4 heteroatoms. The van der Waals surface area contributed by atoms with E-state index in [4.69, 9.17) is 8.83 Å². The summed E-state index contributed by atoms with van der Waals surface area (Å²) in [6.07, 6.45) is 0. The Kier molecular flexibility index (Phi) is 7.59. The molecule has 0 unspecified atom stereocenters. The first-order chi connectivity index (χ1) is 32.1. The molecule has 13 aromatic rings. The van der Waals surface area contributed by atoms with Crippen molar-refractivity contribution in [3.05, 3.63) is 247 Å². The summed E-state index contributed by atoms with van der Waals surface area (Å²) in [5.74, 6) is 0. The number of benzene rings is 11. The summed E-state index contributed by atoms with van der Waals surface area (Å²) >= 11 is 0. The molecule has 1 aliphatic carbocycles. The number of hydrogen-bond acceptors (Lipinski definition) is 3. The van der Waals surface area contributed by atoms with E-state index >= 15 is 4.57 Å². The fraction of sp³-hybridized carbons (Fsp3) is 0.0164. The summed E-state index contributed by atoms with van der Waals surface area (Å²) in [4.78, 5) is 0. The first-order valence-corrected chi connectivity index (χ1v) is 23.9. The van der Waals surface area contributed by atoms with Crippen LogP contribution in [0.3, 0.4) is 0 Å². The molecule has 14 rings (SSSR count). The van der Waals surface area contributed by atoms with E-state index in [1.165, 1.54) is 44.2 Å².